The topological polar surface area (TPSA) is 49.4 Å². The van der Waals surface area contributed by atoms with Crippen molar-refractivity contribution in [3.8, 4) is 0 Å². The van der Waals surface area contributed by atoms with Crippen molar-refractivity contribution in [2.45, 2.75) is 25.8 Å². The van der Waals surface area contributed by atoms with Crippen molar-refractivity contribution in [2.24, 2.45) is 0 Å². The number of amides is 2. The minimum absolute atomic E-state index is 0.0965. The fraction of sp³-hybridized carbons (Fsp3) is 0.429. The molecule has 0 saturated carbocycles. The Morgan fingerprint density at radius 3 is 2.55 bits per heavy atom. The molecule has 0 aromatic heterocycles. The van der Waals surface area contributed by atoms with Gasteiger partial charge in [0.2, 0.25) is 5.91 Å². The maximum Gasteiger partial charge on any atom is 0.251 e. The Balaban J connectivity index is 1.92. The molecule has 1 N–H and O–H groups in total. The number of benzene rings is 1. The Morgan fingerprint density at radius 1 is 1.35 bits per heavy atom. The van der Waals surface area contributed by atoms with Gasteiger partial charge >= 0.3 is 0 Å². The van der Waals surface area contributed by atoms with Crippen molar-refractivity contribution >= 4 is 46.0 Å². The van der Waals surface area contributed by atoms with Crippen LogP contribution in [0.2, 0.25) is 5.02 Å². The number of nitrogens with one attached hydrogen (secondary N) is 1. The van der Waals surface area contributed by atoms with Crippen LogP contribution in [0.5, 0.6) is 0 Å². The monoisotopic (exact) mass is 406 g/mol. The van der Waals surface area contributed by atoms with Crippen molar-refractivity contribution in [3.63, 3.8) is 0 Å². The van der Waals surface area contributed by atoms with Crippen LogP contribution in [0.3, 0.4) is 0 Å². The van der Waals surface area contributed by atoms with Crippen LogP contribution in [0.1, 0.15) is 30.1 Å². The highest BCUT2D eigenvalue weighted by atomic mass is 127. The van der Waals surface area contributed by atoms with Crippen LogP contribution >= 0.6 is 34.2 Å². The number of likely N-dealkylation sites (tertiary alicyclic amines) is 1. The molecule has 1 saturated heterocycles. The summed E-state index contributed by atoms with van der Waals surface area (Å²) in [5, 5.41) is 3.59. The van der Waals surface area contributed by atoms with Gasteiger partial charge in [-0.3, -0.25) is 9.59 Å². The number of hydrogen-bond donors (Lipinski definition) is 1. The maximum absolute atomic E-state index is 12.1. The van der Waals surface area contributed by atoms with Gasteiger partial charge in [0.15, 0.2) is 0 Å². The van der Waals surface area contributed by atoms with Crippen LogP contribution in [-0.2, 0) is 4.79 Å². The average Bonchev–Trinajstić information content (AvgIpc) is 2.42. The van der Waals surface area contributed by atoms with Gasteiger partial charge < -0.3 is 10.2 Å². The van der Waals surface area contributed by atoms with E-state index in [0.717, 1.165) is 16.4 Å². The molecule has 0 atom stereocenters. The largest absolute Gasteiger partial charge is 0.349 e. The summed E-state index contributed by atoms with van der Waals surface area (Å²) in [7, 11) is 0. The molecule has 0 radical (unpaired) electrons. The molecule has 0 bridgehead atoms. The number of hydrogen-bond acceptors (Lipinski definition) is 2. The van der Waals surface area contributed by atoms with E-state index in [1.807, 2.05) is 11.0 Å². The highest BCUT2D eigenvalue weighted by Gasteiger charge is 2.22. The molecule has 20 heavy (non-hydrogen) atoms. The zero-order valence-electron chi connectivity index (χ0n) is 11.2. The van der Waals surface area contributed by atoms with Gasteiger partial charge in [-0.25, -0.2) is 0 Å². The second-order valence-corrected chi connectivity index (χ2v) is 6.45. The van der Waals surface area contributed by atoms with E-state index in [-0.39, 0.29) is 17.9 Å². The maximum atomic E-state index is 12.1. The molecule has 1 fully saturated rings. The molecule has 0 unspecified atom stereocenters. The molecule has 0 spiro atoms. The average molecular weight is 407 g/mol. The van der Waals surface area contributed by atoms with E-state index >= 15 is 0 Å². The van der Waals surface area contributed by atoms with Gasteiger partial charge in [0.05, 0.1) is 5.02 Å². The van der Waals surface area contributed by atoms with Crippen LogP contribution in [0.25, 0.3) is 0 Å². The van der Waals surface area contributed by atoms with E-state index in [0.29, 0.717) is 23.7 Å². The minimum atomic E-state index is -0.107. The van der Waals surface area contributed by atoms with E-state index < -0.39 is 0 Å². The minimum Gasteiger partial charge on any atom is -0.349 e. The first-order valence-corrected chi connectivity index (χ1v) is 7.94. The van der Waals surface area contributed by atoms with Crippen molar-refractivity contribution in [1.82, 2.24) is 10.2 Å². The van der Waals surface area contributed by atoms with Gasteiger partial charge in [0.25, 0.3) is 5.91 Å². The van der Waals surface area contributed by atoms with Crippen molar-refractivity contribution < 1.29 is 9.59 Å². The second kappa shape index (κ2) is 6.76. The van der Waals surface area contributed by atoms with E-state index in [9.17, 15) is 9.59 Å². The van der Waals surface area contributed by atoms with Crippen molar-refractivity contribution in [1.29, 1.82) is 0 Å². The molecular formula is C14H16ClIN2O2. The number of piperidine rings is 1. The molecule has 1 aliphatic heterocycles. The van der Waals surface area contributed by atoms with Crippen molar-refractivity contribution in [3.05, 3.63) is 32.4 Å². The van der Waals surface area contributed by atoms with E-state index in [2.05, 4.69) is 27.9 Å². The highest BCUT2D eigenvalue weighted by molar-refractivity contribution is 14.1. The summed E-state index contributed by atoms with van der Waals surface area (Å²) in [5.74, 6) is -0.0104. The number of carbonyl (C=O) groups is 2. The number of rotatable bonds is 2. The fourth-order valence-electron chi connectivity index (χ4n) is 2.24. The summed E-state index contributed by atoms with van der Waals surface area (Å²) < 4.78 is 0.926. The Kier molecular flexibility index (Phi) is 5.26. The van der Waals surface area contributed by atoms with Crippen LogP contribution in [-0.4, -0.2) is 35.8 Å². The molecule has 4 nitrogen and oxygen atoms in total. The summed E-state index contributed by atoms with van der Waals surface area (Å²) in [6.07, 6.45) is 1.59. The molecule has 1 aromatic carbocycles. The predicted molar refractivity (Wildman–Crippen MR) is 86.9 cm³/mol. The fourth-order valence-corrected chi connectivity index (χ4v) is 2.76. The van der Waals surface area contributed by atoms with Gasteiger partial charge in [-0.15, -0.1) is 0 Å². The van der Waals surface area contributed by atoms with Gasteiger partial charge in [-0.05, 0) is 53.6 Å². The zero-order chi connectivity index (χ0) is 14.7. The summed E-state index contributed by atoms with van der Waals surface area (Å²) in [4.78, 5) is 25.2. The SMILES string of the molecule is CC(=O)N1CCC(NC(=O)c2ccc(I)c(Cl)c2)CC1. The molecule has 6 heteroatoms. The van der Waals surface area contributed by atoms with Crippen LogP contribution in [0.4, 0.5) is 0 Å². The van der Waals surface area contributed by atoms with Crippen molar-refractivity contribution in [2.75, 3.05) is 13.1 Å². The first-order valence-electron chi connectivity index (χ1n) is 6.49. The number of nitrogens with zero attached hydrogens (tertiary/aromatic N) is 1. The first-order chi connectivity index (χ1) is 9.47. The highest BCUT2D eigenvalue weighted by Crippen LogP contribution is 2.20. The third-order valence-corrected chi connectivity index (χ3v) is 5.03. The van der Waals surface area contributed by atoms with Gasteiger partial charge in [-0.2, -0.15) is 0 Å². The molecule has 1 heterocycles. The molecule has 2 rings (SSSR count). The Labute approximate surface area is 137 Å². The number of carbonyl (C=O) groups excluding carboxylic acids is 2. The standard InChI is InChI=1S/C14H16ClIN2O2/c1-9(19)18-6-4-11(5-7-18)17-14(20)10-2-3-13(16)12(15)8-10/h2-3,8,11H,4-7H2,1H3,(H,17,20). The van der Waals surface area contributed by atoms with E-state index in [1.165, 1.54) is 0 Å². The quantitative estimate of drug-likeness (QED) is 0.768. The molecule has 0 aliphatic carbocycles. The third kappa shape index (κ3) is 3.85. The summed E-state index contributed by atoms with van der Waals surface area (Å²) in [6.45, 7) is 2.98. The van der Waals surface area contributed by atoms with E-state index in [1.54, 1.807) is 19.1 Å². The summed E-state index contributed by atoms with van der Waals surface area (Å²) in [5.41, 5.74) is 0.574. The summed E-state index contributed by atoms with van der Waals surface area (Å²) >= 11 is 8.15. The van der Waals surface area contributed by atoms with E-state index in [4.69, 9.17) is 11.6 Å². The lowest BCUT2D eigenvalue weighted by molar-refractivity contribution is -0.129. The smallest absolute Gasteiger partial charge is 0.251 e. The lowest BCUT2D eigenvalue weighted by Gasteiger charge is -2.31. The first kappa shape index (κ1) is 15.6. The summed E-state index contributed by atoms with van der Waals surface area (Å²) in [6, 6.07) is 5.41. The van der Waals surface area contributed by atoms with Crippen LogP contribution in [0, 0.1) is 3.57 Å². The Bertz CT molecular complexity index is 528. The normalized spacial score (nSPS) is 16.1. The molecule has 108 valence electrons. The van der Waals surface area contributed by atoms with Crippen LogP contribution < -0.4 is 5.32 Å². The molecule has 1 aromatic rings. The van der Waals surface area contributed by atoms with Gasteiger partial charge in [-0.1, -0.05) is 11.6 Å². The lowest BCUT2D eigenvalue weighted by atomic mass is 10.0. The van der Waals surface area contributed by atoms with Gasteiger partial charge in [0.1, 0.15) is 0 Å². The zero-order valence-corrected chi connectivity index (χ0v) is 14.1. The molecular weight excluding hydrogens is 391 g/mol. The number of halogens is 2. The van der Waals surface area contributed by atoms with Crippen LogP contribution in [0.15, 0.2) is 18.2 Å². The second-order valence-electron chi connectivity index (χ2n) is 4.88. The van der Waals surface area contributed by atoms with Gasteiger partial charge in [0, 0.05) is 35.2 Å². The predicted octanol–water partition coefficient (Wildman–Crippen LogP) is 2.69. The molecule has 2 amide bonds. The Hall–Kier alpha value is -0.820. The Morgan fingerprint density at radius 2 is 2.00 bits per heavy atom. The molecule has 1 aliphatic rings. The third-order valence-electron chi connectivity index (χ3n) is 3.46. The lowest BCUT2D eigenvalue weighted by Crippen LogP contribution is -2.46.